The van der Waals surface area contributed by atoms with Gasteiger partial charge in [0.2, 0.25) is 5.91 Å². The van der Waals surface area contributed by atoms with Gasteiger partial charge in [0.15, 0.2) is 0 Å². The Bertz CT molecular complexity index is 500. The van der Waals surface area contributed by atoms with Crippen LogP contribution in [-0.2, 0) is 4.79 Å². The minimum Gasteiger partial charge on any atom is -0.478 e. The summed E-state index contributed by atoms with van der Waals surface area (Å²) in [7, 11) is 3.35. The van der Waals surface area contributed by atoms with Crippen molar-refractivity contribution in [2.75, 3.05) is 37.8 Å². The molecule has 0 aliphatic rings. The molecule has 0 radical (unpaired) electrons. The molecule has 0 saturated heterocycles. The van der Waals surface area contributed by atoms with Crippen molar-refractivity contribution in [3.05, 3.63) is 23.8 Å². The van der Waals surface area contributed by atoms with Gasteiger partial charge >= 0.3 is 5.97 Å². The minimum atomic E-state index is -1.05. The molecule has 0 heterocycles. The molecule has 110 valence electrons. The third kappa shape index (κ3) is 3.88. The third-order valence-corrected chi connectivity index (χ3v) is 2.91. The van der Waals surface area contributed by atoms with Crippen molar-refractivity contribution < 1.29 is 14.7 Å². The summed E-state index contributed by atoms with van der Waals surface area (Å²) in [6, 6.07) is 4.71. The molecule has 0 aromatic heterocycles. The molecular weight excluding hydrogens is 258 g/mol. The normalized spacial score (nSPS) is 10.2. The number of amides is 1. The molecule has 3 N–H and O–H groups in total. The van der Waals surface area contributed by atoms with E-state index in [1.165, 1.54) is 11.0 Å². The lowest BCUT2D eigenvalue weighted by atomic mass is 10.1. The Balaban J connectivity index is 3.14. The van der Waals surface area contributed by atoms with Gasteiger partial charge in [-0.05, 0) is 24.6 Å². The number of nitrogens with two attached hydrogens (primary N) is 1. The van der Waals surface area contributed by atoms with Gasteiger partial charge in [-0.15, -0.1) is 0 Å². The number of carboxylic acid groups (broad SMARTS) is 1. The average Bonchev–Trinajstić information content (AvgIpc) is 2.37. The molecule has 0 spiro atoms. The molecule has 1 amide bonds. The van der Waals surface area contributed by atoms with Gasteiger partial charge < -0.3 is 20.6 Å². The van der Waals surface area contributed by atoms with Crippen molar-refractivity contribution in [2.45, 2.75) is 13.3 Å². The van der Waals surface area contributed by atoms with Crippen molar-refractivity contribution >= 4 is 23.3 Å². The number of carbonyl (C=O) groups excluding carboxylic acids is 1. The lowest BCUT2D eigenvalue weighted by molar-refractivity contribution is -0.127. The fraction of sp³-hybridized carbons (Fsp3) is 0.429. The number of nitrogens with zero attached hydrogens (tertiary/aromatic N) is 2. The maximum absolute atomic E-state index is 11.9. The molecule has 0 aliphatic carbocycles. The largest absolute Gasteiger partial charge is 0.478 e. The predicted molar refractivity (Wildman–Crippen MR) is 79.0 cm³/mol. The van der Waals surface area contributed by atoms with Gasteiger partial charge in [-0.2, -0.15) is 0 Å². The number of nitrogen functional groups attached to an aromatic ring is 1. The monoisotopic (exact) mass is 279 g/mol. The van der Waals surface area contributed by atoms with Gasteiger partial charge in [0.1, 0.15) is 0 Å². The molecular formula is C14H21N3O3. The van der Waals surface area contributed by atoms with Crippen molar-refractivity contribution in [3.8, 4) is 0 Å². The van der Waals surface area contributed by atoms with E-state index in [0.29, 0.717) is 17.9 Å². The average molecular weight is 279 g/mol. The van der Waals surface area contributed by atoms with Crippen LogP contribution in [0.5, 0.6) is 0 Å². The SMILES string of the molecule is CCCN(CC(=O)N(C)C)c1ccc(N)cc1C(=O)O. The molecule has 1 aromatic rings. The molecule has 0 atom stereocenters. The lowest BCUT2D eigenvalue weighted by Gasteiger charge is -2.26. The molecule has 1 rings (SSSR count). The lowest BCUT2D eigenvalue weighted by Crippen LogP contribution is -2.37. The molecule has 0 unspecified atom stereocenters. The Hall–Kier alpha value is -2.24. The molecule has 6 heteroatoms. The van der Waals surface area contributed by atoms with E-state index in [1.54, 1.807) is 31.1 Å². The second kappa shape index (κ2) is 6.79. The Labute approximate surface area is 118 Å². The summed E-state index contributed by atoms with van der Waals surface area (Å²) in [5.41, 5.74) is 6.66. The zero-order chi connectivity index (χ0) is 15.3. The smallest absolute Gasteiger partial charge is 0.337 e. The van der Waals surface area contributed by atoms with Crippen LogP contribution in [0.3, 0.4) is 0 Å². The number of hydrogen-bond acceptors (Lipinski definition) is 4. The first-order chi connectivity index (χ1) is 9.36. The van der Waals surface area contributed by atoms with E-state index in [9.17, 15) is 14.7 Å². The van der Waals surface area contributed by atoms with Crippen LogP contribution in [0, 0.1) is 0 Å². The van der Waals surface area contributed by atoms with Gasteiger partial charge in [0, 0.05) is 26.3 Å². The van der Waals surface area contributed by atoms with E-state index in [4.69, 9.17) is 5.73 Å². The Morgan fingerprint density at radius 1 is 1.30 bits per heavy atom. The molecule has 0 bridgehead atoms. The van der Waals surface area contributed by atoms with Gasteiger partial charge in [-0.1, -0.05) is 6.92 Å². The van der Waals surface area contributed by atoms with Gasteiger partial charge in [-0.3, -0.25) is 4.79 Å². The van der Waals surface area contributed by atoms with Crippen LogP contribution in [0.25, 0.3) is 0 Å². The van der Waals surface area contributed by atoms with Gasteiger partial charge in [-0.25, -0.2) is 4.79 Å². The van der Waals surface area contributed by atoms with E-state index in [0.717, 1.165) is 6.42 Å². The topological polar surface area (TPSA) is 86.9 Å². The number of aromatic carboxylic acids is 1. The van der Waals surface area contributed by atoms with E-state index >= 15 is 0 Å². The highest BCUT2D eigenvalue weighted by atomic mass is 16.4. The molecule has 0 saturated carbocycles. The van der Waals surface area contributed by atoms with E-state index in [2.05, 4.69) is 0 Å². The molecule has 20 heavy (non-hydrogen) atoms. The first-order valence-corrected chi connectivity index (χ1v) is 6.44. The van der Waals surface area contributed by atoms with Crippen LogP contribution >= 0.6 is 0 Å². The number of hydrogen-bond donors (Lipinski definition) is 2. The van der Waals surface area contributed by atoms with Gasteiger partial charge in [0.25, 0.3) is 0 Å². The molecule has 6 nitrogen and oxygen atoms in total. The van der Waals surface area contributed by atoms with E-state index in [1.807, 2.05) is 6.92 Å². The summed E-state index contributed by atoms with van der Waals surface area (Å²) < 4.78 is 0. The van der Waals surface area contributed by atoms with Crippen molar-refractivity contribution in [1.82, 2.24) is 4.90 Å². The number of rotatable bonds is 6. The summed E-state index contributed by atoms with van der Waals surface area (Å²) in [6.45, 7) is 2.72. The maximum Gasteiger partial charge on any atom is 0.337 e. The second-order valence-corrected chi connectivity index (χ2v) is 4.79. The van der Waals surface area contributed by atoms with E-state index in [-0.39, 0.29) is 18.0 Å². The Morgan fingerprint density at radius 2 is 1.95 bits per heavy atom. The molecule has 0 fully saturated rings. The minimum absolute atomic E-state index is 0.0772. The zero-order valence-electron chi connectivity index (χ0n) is 12.1. The number of likely N-dealkylation sites (N-methyl/N-ethyl adjacent to an activating group) is 1. The third-order valence-electron chi connectivity index (χ3n) is 2.91. The quantitative estimate of drug-likeness (QED) is 0.766. The van der Waals surface area contributed by atoms with Crippen LogP contribution in [0.4, 0.5) is 11.4 Å². The first kappa shape index (κ1) is 15.8. The van der Waals surface area contributed by atoms with E-state index < -0.39 is 5.97 Å². The predicted octanol–water partition coefficient (Wildman–Crippen LogP) is 1.27. The zero-order valence-corrected chi connectivity index (χ0v) is 12.1. The summed E-state index contributed by atoms with van der Waals surface area (Å²) in [6.07, 6.45) is 0.810. The summed E-state index contributed by atoms with van der Waals surface area (Å²) in [5, 5.41) is 9.27. The van der Waals surface area contributed by atoms with Crippen LogP contribution in [0.1, 0.15) is 23.7 Å². The van der Waals surface area contributed by atoms with Crippen LogP contribution < -0.4 is 10.6 Å². The van der Waals surface area contributed by atoms with Crippen molar-refractivity contribution in [2.24, 2.45) is 0 Å². The number of anilines is 2. The highest BCUT2D eigenvalue weighted by molar-refractivity contribution is 5.96. The van der Waals surface area contributed by atoms with Crippen molar-refractivity contribution in [1.29, 1.82) is 0 Å². The molecule has 1 aromatic carbocycles. The van der Waals surface area contributed by atoms with Crippen LogP contribution in [0.15, 0.2) is 18.2 Å². The fourth-order valence-corrected chi connectivity index (χ4v) is 1.86. The standard InChI is InChI=1S/C14H21N3O3/c1-4-7-17(9-13(18)16(2)3)12-6-5-10(15)8-11(12)14(19)20/h5-6,8H,4,7,9,15H2,1-3H3,(H,19,20). The number of carbonyl (C=O) groups is 2. The Morgan fingerprint density at radius 3 is 2.45 bits per heavy atom. The second-order valence-electron chi connectivity index (χ2n) is 4.79. The summed E-state index contributed by atoms with van der Waals surface area (Å²) >= 11 is 0. The summed E-state index contributed by atoms with van der Waals surface area (Å²) in [4.78, 5) is 26.4. The van der Waals surface area contributed by atoms with Gasteiger partial charge in [0.05, 0.1) is 17.8 Å². The first-order valence-electron chi connectivity index (χ1n) is 6.44. The number of carboxylic acids is 1. The summed E-state index contributed by atoms with van der Waals surface area (Å²) in [5.74, 6) is -1.13. The van der Waals surface area contributed by atoms with Crippen LogP contribution in [-0.4, -0.2) is 49.1 Å². The fourth-order valence-electron chi connectivity index (χ4n) is 1.86. The van der Waals surface area contributed by atoms with Crippen LogP contribution in [0.2, 0.25) is 0 Å². The highest BCUT2D eigenvalue weighted by Gasteiger charge is 2.19. The molecule has 0 aliphatic heterocycles. The van der Waals surface area contributed by atoms with Crippen molar-refractivity contribution in [3.63, 3.8) is 0 Å². The number of benzene rings is 1. The maximum atomic E-state index is 11.9. The highest BCUT2D eigenvalue weighted by Crippen LogP contribution is 2.23. The Kier molecular flexibility index (Phi) is 5.37.